The van der Waals surface area contributed by atoms with E-state index in [1.165, 1.54) is 22.7 Å². The van der Waals surface area contributed by atoms with Crippen molar-refractivity contribution in [1.82, 2.24) is 30.0 Å². The molecule has 2 N–H and O–H groups in total. The van der Waals surface area contributed by atoms with Gasteiger partial charge in [-0.25, -0.2) is 0 Å². The van der Waals surface area contributed by atoms with E-state index in [1.807, 2.05) is 42.0 Å². The molecule has 3 heterocycles. The van der Waals surface area contributed by atoms with Crippen molar-refractivity contribution in [3.05, 3.63) is 60.6 Å². The van der Waals surface area contributed by atoms with Gasteiger partial charge in [-0.3, -0.25) is 9.78 Å². The average molecular weight is 407 g/mol. The molecule has 8 heteroatoms. The highest BCUT2D eigenvalue weighted by atomic mass is 32.2. The Morgan fingerprint density at radius 2 is 2.00 bits per heavy atom. The van der Waals surface area contributed by atoms with E-state index >= 15 is 0 Å². The number of amides is 1. The molecule has 0 spiro atoms. The highest BCUT2D eigenvalue weighted by Gasteiger charge is 2.14. The number of thioether (sulfide) groups is 1. The fraction of sp³-hybridized carbons (Fsp3) is 0.238. The lowest BCUT2D eigenvalue weighted by atomic mass is 10.1. The summed E-state index contributed by atoms with van der Waals surface area (Å²) < 4.78 is 2.01. The number of carbonyl (C=O) groups excluding carboxylic acids is 1. The van der Waals surface area contributed by atoms with Crippen molar-refractivity contribution in [2.45, 2.75) is 25.0 Å². The van der Waals surface area contributed by atoms with E-state index in [-0.39, 0.29) is 5.91 Å². The summed E-state index contributed by atoms with van der Waals surface area (Å²) in [5.41, 5.74) is 3.29. The topological polar surface area (TPSA) is 88.5 Å². The number of nitrogens with one attached hydrogen (secondary N) is 2. The molecule has 0 bridgehead atoms. The van der Waals surface area contributed by atoms with Crippen LogP contribution < -0.4 is 5.32 Å². The summed E-state index contributed by atoms with van der Waals surface area (Å²) in [5.74, 6) is 1.09. The fourth-order valence-corrected chi connectivity index (χ4v) is 4.08. The third-order valence-corrected chi connectivity index (χ3v) is 5.66. The lowest BCUT2D eigenvalue weighted by Gasteiger charge is -2.07. The lowest BCUT2D eigenvalue weighted by Crippen LogP contribution is -2.27. The highest BCUT2D eigenvalue weighted by Crippen LogP contribution is 2.23. The van der Waals surface area contributed by atoms with E-state index in [0.29, 0.717) is 12.3 Å². The zero-order valence-electron chi connectivity index (χ0n) is 16.1. The molecule has 0 radical (unpaired) electrons. The third kappa shape index (κ3) is 4.32. The summed E-state index contributed by atoms with van der Waals surface area (Å²) in [7, 11) is 0. The Hall–Kier alpha value is -3.13. The molecule has 4 rings (SSSR count). The standard InChI is InChI=1S/C21H22N6OS/c1-2-27-20(15-7-10-22-11-8-15)25-26-21(27)29-14-19(28)23-12-9-16-13-24-18-6-4-3-5-17(16)18/h3-8,10-11,13,24H,2,9,12,14H2,1H3,(H,23,28). The van der Waals surface area contributed by atoms with Crippen molar-refractivity contribution in [2.75, 3.05) is 12.3 Å². The van der Waals surface area contributed by atoms with Crippen LogP contribution in [-0.4, -0.2) is 42.9 Å². The van der Waals surface area contributed by atoms with Gasteiger partial charge >= 0.3 is 0 Å². The summed E-state index contributed by atoms with van der Waals surface area (Å²) in [6.07, 6.45) is 6.27. The Kier molecular flexibility index (Phi) is 5.90. The highest BCUT2D eigenvalue weighted by molar-refractivity contribution is 7.99. The van der Waals surface area contributed by atoms with Crippen molar-refractivity contribution >= 4 is 28.6 Å². The maximum absolute atomic E-state index is 12.3. The summed E-state index contributed by atoms with van der Waals surface area (Å²) >= 11 is 1.40. The number of carbonyl (C=O) groups is 1. The van der Waals surface area contributed by atoms with Crippen LogP contribution in [0, 0.1) is 0 Å². The van der Waals surface area contributed by atoms with Crippen LogP contribution in [0.2, 0.25) is 0 Å². The first kappa shape index (κ1) is 19.2. The first-order valence-electron chi connectivity index (χ1n) is 9.54. The van der Waals surface area contributed by atoms with Crippen LogP contribution in [0.25, 0.3) is 22.3 Å². The summed E-state index contributed by atoms with van der Waals surface area (Å²) in [4.78, 5) is 19.6. The number of benzene rings is 1. The molecule has 0 aliphatic rings. The largest absolute Gasteiger partial charge is 0.361 e. The van der Waals surface area contributed by atoms with Gasteiger partial charge in [-0.15, -0.1) is 10.2 Å². The number of hydrogen-bond acceptors (Lipinski definition) is 5. The number of aromatic nitrogens is 5. The molecule has 7 nitrogen and oxygen atoms in total. The van der Waals surface area contributed by atoms with Gasteiger partial charge in [0.2, 0.25) is 5.91 Å². The van der Waals surface area contributed by atoms with E-state index in [2.05, 4.69) is 37.6 Å². The van der Waals surface area contributed by atoms with E-state index < -0.39 is 0 Å². The van der Waals surface area contributed by atoms with Crippen molar-refractivity contribution in [3.8, 4) is 11.4 Å². The molecule has 1 amide bonds. The molecule has 0 aliphatic heterocycles. The SMILES string of the molecule is CCn1c(SCC(=O)NCCc2c[nH]c3ccccc23)nnc1-c1ccncc1. The van der Waals surface area contributed by atoms with E-state index in [4.69, 9.17) is 0 Å². The van der Waals surface area contributed by atoms with Crippen molar-refractivity contribution in [1.29, 1.82) is 0 Å². The van der Waals surface area contributed by atoms with Crippen LogP contribution in [0.5, 0.6) is 0 Å². The number of fused-ring (bicyclic) bond motifs is 1. The number of pyridine rings is 1. The Labute approximate surface area is 173 Å². The normalized spacial score (nSPS) is 11.1. The summed E-state index contributed by atoms with van der Waals surface area (Å²) in [5, 5.41) is 13.5. The zero-order chi connectivity index (χ0) is 20.1. The minimum Gasteiger partial charge on any atom is -0.361 e. The molecule has 4 aromatic rings. The molecule has 148 valence electrons. The Bertz CT molecular complexity index is 1100. The zero-order valence-corrected chi connectivity index (χ0v) is 16.9. The second-order valence-electron chi connectivity index (χ2n) is 6.53. The number of nitrogens with zero attached hydrogens (tertiary/aromatic N) is 4. The van der Waals surface area contributed by atoms with Crippen LogP contribution in [0.3, 0.4) is 0 Å². The van der Waals surface area contributed by atoms with Crippen molar-refractivity contribution < 1.29 is 4.79 Å². The number of aromatic amines is 1. The van der Waals surface area contributed by atoms with Gasteiger partial charge in [0, 0.05) is 48.1 Å². The summed E-state index contributed by atoms with van der Waals surface area (Å²) in [6.45, 7) is 3.37. The fourth-order valence-electron chi connectivity index (χ4n) is 3.25. The molecule has 3 aromatic heterocycles. The van der Waals surface area contributed by atoms with E-state index in [9.17, 15) is 4.79 Å². The number of rotatable bonds is 8. The first-order chi connectivity index (χ1) is 14.3. The lowest BCUT2D eigenvalue weighted by molar-refractivity contribution is -0.118. The molecule has 0 fully saturated rings. The molecule has 0 unspecified atom stereocenters. The van der Waals surface area contributed by atoms with Crippen LogP contribution >= 0.6 is 11.8 Å². The second kappa shape index (κ2) is 8.91. The second-order valence-corrected chi connectivity index (χ2v) is 7.48. The number of para-hydroxylation sites is 1. The van der Waals surface area contributed by atoms with Crippen LogP contribution in [0.15, 0.2) is 60.1 Å². The monoisotopic (exact) mass is 406 g/mol. The molecule has 0 saturated carbocycles. The van der Waals surface area contributed by atoms with Gasteiger partial charge in [-0.2, -0.15) is 0 Å². The molecular formula is C21H22N6OS. The van der Waals surface area contributed by atoms with E-state index in [0.717, 1.165) is 35.0 Å². The quantitative estimate of drug-likeness (QED) is 0.438. The molecular weight excluding hydrogens is 384 g/mol. The van der Waals surface area contributed by atoms with Gasteiger partial charge in [-0.05, 0) is 37.1 Å². The summed E-state index contributed by atoms with van der Waals surface area (Å²) in [6, 6.07) is 12.0. The molecule has 0 saturated heterocycles. The molecule has 29 heavy (non-hydrogen) atoms. The van der Waals surface area contributed by atoms with Gasteiger partial charge < -0.3 is 14.9 Å². The predicted molar refractivity (Wildman–Crippen MR) is 115 cm³/mol. The minimum absolute atomic E-state index is 0.00837. The van der Waals surface area contributed by atoms with Gasteiger partial charge in [-0.1, -0.05) is 30.0 Å². The Morgan fingerprint density at radius 1 is 1.17 bits per heavy atom. The van der Waals surface area contributed by atoms with Crippen molar-refractivity contribution in [3.63, 3.8) is 0 Å². The molecule has 0 atom stereocenters. The van der Waals surface area contributed by atoms with Crippen molar-refractivity contribution in [2.24, 2.45) is 0 Å². The Balaban J connectivity index is 1.31. The molecule has 0 aliphatic carbocycles. The Morgan fingerprint density at radius 3 is 2.83 bits per heavy atom. The molecule has 1 aromatic carbocycles. The smallest absolute Gasteiger partial charge is 0.230 e. The number of hydrogen-bond donors (Lipinski definition) is 2. The van der Waals surface area contributed by atoms with Gasteiger partial charge in [0.05, 0.1) is 5.75 Å². The van der Waals surface area contributed by atoms with Gasteiger partial charge in [0.25, 0.3) is 0 Å². The van der Waals surface area contributed by atoms with Gasteiger partial charge in [0.1, 0.15) is 0 Å². The number of H-pyrrole nitrogens is 1. The van der Waals surface area contributed by atoms with Crippen LogP contribution in [-0.2, 0) is 17.8 Å². The predicted octanol–water partition coefficient (Wildman–Crippen LogP) is 3.29. The average Bonchev–Trinajstić information content (AvgIpc) is 3.37. The van der Waals surface area contributed by atoms with E-state index in [1.54, 1.807) is 12.4 Å². The maximum atomic E-state index is 12.3. The van der Waals surface area contributed by atoms with Crippen LogP contribution in [0.4, 0.5) is 0 Å². The first-order valence-corrected chi connectivity index (χ1v) is 10.5. The third-order valence-electron chi connectivity index (χ3n) is 4.70. The van der Waals surface area contributed by atoms with Gasteiger partial charge in [0.15, 0.2) is 11.0 Å². The van der Waals surface area contributed by atoms with Crippen LogP contribution in [0.1, 0.15) is 12.5 Å². The minimum atomic E-state index is -0.00837. The maximum Gasteiger partial charge on any atom is 0.230 e.